The van der Waals surface area contributed by atoms with Gasteiger partial charge in [0.2, 0.25) is 0 Å². The van der Waals surface area contributed by atoms with Crippen molar-refractivity contribution in [2.45, 2.75) is 57.3 Å². The van der Waals surface area contributed by atoms with Crippen LogP contribution in [0.4, 0.5) is 4.79 Å². The number of aromatic amines is 1. The van der Waals surface area contributed by atoms with Crippen LogP contribution in [0.1, 0.15) is 56.3 Å². The number of guanidine groups is 1. The molecule has 2 aromatic carbocycles. The first kappa shape index (κ1) is 28.4. The van der Waals surface area contributed by atoms with E-state index in [4.69, 9.17) is 22.1 Å². The molecule has 2 atom stereocenters. The number of aliphatic imine (C=N–C) groups is 1. The van der Waals surface area contributed by atoms with Crippen LogP contribution in [0, 0.1) is 0 Å². The van der Waals surface area contributed by atoms with Crippen molar-refractivity contribution in [1.82, 2.24) is 35.2 Å². The molecule has 2 amide bonds. The Morgan fingerprint density at radius 2 is 2.02 bits per heavy atom. The molecule has 4 N–H and O–H groups in total. The number of halogens is 1. The van der Waals surface area contributed by atoms with Crippen LogP contribution in [-0.2, 0) is 16.1 Å². The van der Waals surface area contributed by atoms with Gasteiger partial charge >= 0.3 is 6.09 Å². The van der Waals surface area contributed by atoms with E-state index in [0.29, 0.717) is 27.5 Å². The summed E-state index contributed by atoms with van der Waals surface area (Å²) in [5.41, 5.74) is 10.0. The quantitative estimate of drug-likeness (QED) is 0.239. The second kappa shape index (κ2) is 11.5. The molecule has 1 aliphatic heterocycles. The number of alkyl carbamates (subject to hydrolysis) is 1. The first-order chi connectivity index (χ1) is 20.7. The number of amides is 2. The molecule has 43 heavy (non-hydrogen) atoms. The summed E-state index contributed by atoms with van der Waals surface area (Å²) in [5.74, 6) is 0.151. The van der Waals surface area contributed by atoms with Crippen molar-refractivity contribution in [1.29, 1.82) is 0 Å². The van der Waals surface area contributed by atoms with E-state index >= 15 is 0 Å². The Morgan fingerprint density at radius 1 is 1.23 bits per heavy atom. The lowest BCUT2D eigenvalue weighted by molar-refractivity contribution is -0.129. The molecule has 13 heteroatoms. The summed E-state index contributed by atoms with van der Waals surface area (Å²) in [4.78, 5) is 36.7. The predicted octanol–water partition coefficient (Wildman–Crippen LogP) is 4.62. The number of benzene rings is 2. The molecular weight excluding hydrogens is 570 g/mol. The van der Waals surface area contributed by atoms with Crippen molar-refractivity contribution in [2.75, 3.05) is 6.61 Å². The predicted molar refractivity (Wildman–Crippen MR) is 161 cm³/mol. The van der Waals surface area contributed by atoms with Gasteiger partial charge in [-0.3, -0.25) is 19.5 Å². The van der Waals surface area contributed by atoms with E-state index in [1.165, 1.54) is 11.2 Å². The van der Waals surface area contributed by atoms with Crippen LogP contribution >= 0.6 is 11.6 Å². The summed E-state index contributed by atoms with van der Waals surface area (Å²) in [6.07, 6.45) is 7.40. The first-order valence-electron chi connectivity index (χ1n) is 14.1. The zero-order valence-corrected chi connectivity index (χ0v) is 24.6. The summed E-state index contributed by atoms with van der Waals surface area (Å²) in [6.45, 7) is 4.75. The van der Waals surface area contributed by atoms with E-state index in [1.54, 1.807) is 18.2 Å². The van der Waals surface area contributed by atoms with Crippen LogP contribution in [0.5, 0.6) is 0 Å². The molecule has 4 aromatic rings. The number of hydrogen-bond acceptors (Lipinski definition) is 8. The molecule has 3 heterocycles. The number of hydrogen-bond donors (Lipinski definition) is 3. The maximum atomic E-state index is 13.9. The highest BCUT2D eigenvalue weighted by atomic mass is 35.5. The van der Waals surface area contributed by atoms with Gasteiger partial charge in [-0.05, 0) is 55.0 Å². The highest BCUT2D eigenvalue weighted by molar-refractivity contribution is 6.33. The highest BCUT2D eigenvalue weighted by Gasteiger charge is 2.42. The SMILES string of the molecule is CCCn1cc(-c2ccc([C@H]3N=C(N)N(C(COC(=O)NC4(C)CC4)c4ccc(Cl)c(-c5ncn[nH]5)c4)C3=O)cc2)cn1. The van der Waals surface area contributed by atoms with Gasteiger partial charge in [0.25, 0.3) is 5.91 Å². The summed E-state index contributed by atoms with van der Waals surface area (Å²) in [6, 6.07) is 11.2. The van der Waals surface area contributed by atoms with Gasteiger partial charge in [-0.25, -0.2) is 14.8 Å². The van der Waals surface area contributed by atoms with E-state index in [1.807, 2.05) is 48.3 Å². The van der Waals surface area contributed by atoms with Gasteiger partial charge in [-0.1, -0.05) is 48.9 Å². The molecule has 6 rings (SSSR count). The molecule has 2 aliphatic rings. The van der Waals surface area contributed by atoms with E-state index in [2.05, 4.69) is 37.5 Å². The van der Waals surface area contributed by atoms with E-state index < -0.39 is 18.2 Å². The Hall–Kier alpha value is -4.71. The minimum absolute atomic E-state index is 0.0271. The monoisotopic (exact) mass is 601 g/mol. The maximum Gasteiger partial charge on any atom is 0.407 e. The van der Waals surface area contributed by atoms with Crippen molar-refractivity contribution in [3.63, 3.8) is 0 Å². The van der Waals surface area contributed by atoms with Gasteiger partial charge in [0, 0.05) is 29.4 Å². The molecule has 0 bridgehead atoms. The normalized spacial score (nSPS) is 17.9. The van der Waals surface area contributed by atoms with E-state index in [0.717, 1.165) is 36.9 Å². The Balaban J connectivity index is 1.27. The summed E-state index contributed by atoms with van der Waals surface area (Å²) >= 11 is 6.48. The van der Waals surface area contributed by atoms with Crippen LogP contribution in [0.15, 0.2) is 66.2 Å². The van der Waals surface area contributed by atoms with Gasteiger partial charge in [-0.15, -0.1) is 0 Å². The zero-order chi connectivity index (χ0) is 30.1. The molecule has 1 fully saturated rings. The van der Waals surface area contributed by atoms with Gasteiger partial charge in [0.05, 0.1) is 17.3 Å². The molecule has 12 nitrogen and oxygen atoms in total. The lowest BCUT2D eigenvalue weighted by Crippen LogP contribution is -2.44. The largest absolute Gasteiger partial charge is 0.447 e. The number of nitrogens with two attached hydrogens (primary N) is 1. The standard InChI is InChI=1S/C30H32ClN9O3/c1-3-12-39-15-21(14-35-39)18-4-6-19(7-5-18)25-27(41)40(28(32)36-25)24(16-43-29(42)37-30(2)10-11-30)20-8-9-23(31)22(13-20)26-33-17-34-38-26/h4-9,13-15,17,24-25H,3,10-12,16H2,1-2H3,(H2,32,36)(H,37,42)(H,33,34,38)/t24?,25-/m1/s1. The number of carbonyl (C=O) groups excluding carboxylic acids is 2. The third-order valence-electron chi connectivity index (χ3n) is 7.76. The molecule has 0 spiro atoms. The molecule has 1 saturated carbocycles. The third-order valence-corrected chi connectivity index (χ3v) is 8.09. The van der Waals surface area contributed by atoms with Gasteiger partial charge < -0.3 is 15.8 Å². The fourth-order valence-corrected chi connectivity index (χ4v) is 5.29. The van der Waals surface area contributed by atoms with Gasteiger partial charge in [-0.2, -0.15) is 10.2 Å². The molecule has 222 valence electrons. The van der Waals surface area contributed by atoms with Crippen LogP contribution in [0.25, 0.3) is 22.5 Å². The van der Waals surface area contributed by atoms with Crippen molar-refractivity contribution in [3.8, 4) is 22.5 Å². The molecule has 1 unspecified atom stereocenters. The molecule has 1 aliphatic carbocycles. The van der Waals surface area contributed by atoms with Crippen molar-refractivity contribution in [3.05, 3.63) is 77.3 Å². The highest BCUT2D eigenvalue weighted by Crippen LogP contribution is 2.37. The minimum Gasteiger partial charge on any atom is -0.447 e. The summed E-state index contributed by atoms with van der Waals surface area (Å²) in [5, 5.41) is 14.4. The lowest BCUT2D eigenvalue weighted by atomic mass is 10.00. The number of aryl methyl sites for hydroxylation is 1. The van der Waals surface area contributed by atoms with E-state index in [-0.39, 0.29) is 24.0 Å². The maximum absolute atomic E-state index is 13.9. The van der Waals surface area contributed by atoms with Crippen LogP contribution in [0.2, 0.25) is 5.02 Å². The topological polar surface area (TPSA) is 156 Å². The fourth-order valence-electron chi connectivity index (χ4n) is 5.08. The Bertz CT molecular complexity index is 1660. The molecule has 0 radical (unpaired) electrons. The number of ether oxygens (including phenoxy) is 1. The molecule has 2 aromatic heterocycles. The number of rotatable bonds is 10. The fraction of sp³-hybridized carbons (Fsp3) is 0.333. The second-order valence-electron chi connectivity index (χ2n) is 11.1. The smallest absolute Gasteiger partial charge is 0.407 e. The Kier molecular flexibility index (Phi) is 7.61. The molecule has 0 saturated heterocycles. The third kappa shape index (κ3) is 5.96. The van der Waals surface area contributed by atoms with Crippen molar-refractivity contribution >= 4 is 29.6 Å². The number of nitrogens with one attached hydrogen (secondary N) is 2. The molecular formula is C30H32ClN9O3. The minimum atomic E-state index is -0.848. The summed E-state index contributed by atoms with van der Waals surface area (Å²) in [7, 11) is 0. The number of H-pyrrole nitrogens is 1. The van der Waals surface area contributed by atoms with Crippen LogP contribution < -0.4 is 11.1 Å². The van der Waals surface area contributed by atoms with Crippen LogP contribution in [0.3, 0.4) is 0 Å². The summed E-state index contributed by atoms with van der Waals surface area (Å²) < 4.78 is 7.55. The number of carbonyl (C=O) groups is 2. The van der Waals surface area contributed by atoms with Gasteiger partial charge in [0.1, 0.15) is 12.9 Å². The van der Waals surface area contributed by atoms with Crippen LogP contribution in [-0.4, -0.2) is 60.0 Å². The first-order valence-corrected chi connectivity index (χ1v) is 14.5. The number of nitrogens with zero attached hydrogens (tertiary/aromatic N) is 6. The lowest BCUT2D eigenvalue weighted by Gasteiger charge is -2.28. The van der Waals surface area contributed by atoms with Gasteiger partial charge in [0.15, 0.2) is 17.8 Å². The van der Waals surface area contributed by atoms with Crippen molar-refractivity contribution < 1.29 is 14.3 Å². The zero-order valence-electron chi connectivity index (χ0n) is 23.8. The number of aromatic nitrogens is 5. The Morgan fingerprint density at radius 3 is 2.72 bits per heavy atom. The van der Waals surface area contributed by atoms with E-state index in [9.17, 15) is 9.59 Å². The average Bonchev–Trinajstić information content (AvgIpc) is 3.39. The van der Waals surface area contributed by atoms with Crippen molar-refractivity contribution in [2.24, 2.45) is 10.7 Å². The Labute approximate surface area is 253 Å². The second-order valence-corrected chi connectivity index (χ2v) is 11.5. The average molecular weight is 602 g/mol.